The molecule has 5 heteroatoms. The van der Waals surface area contributed by atoms with Crippen LogP contribution in [0.4, 0.5) is 0 Å². The van der Waals surface area contributed by atoms with Crippen LogP contribution < -0.4 is 10.1 Å². The van der Waals surface area contributed by atoms with E-state index in [1.807, 2.05) is 43.3 Å². The third-order valence-corrected chi connectivity index (χ3v) is 4.33. The summed E-state index contributed by atoms with van der Waals surface area (Å²) >= 11 is 4.97. The molecule has 0 aliphatic carbocycles. The van der Waals surface area contributed by atoms with Gasteiger partial charge in [-0.25, -0.2) is 0 Å². The second-order valence-corrected chi connectivity index (χ2v) is 6.87. The highest BCUT2D eigenvalue weighted by Crippen LogP contribution is 2.22. The number of rotatable bonds is 6. The highest BCUT2D eigenvalue weighted by Gasteiger charge is 1.99. The maximum absolute atomic E-state index is 11.6. The van der Waals surface area contributed by atoms with E-state index >= 15 is 0 Å². The van der Waals surface area contributed by atoms with Crippen molar-refractivity contribution in [3.63, 3.8) is 0 Å². The van der Waals surface area contributed by atoms with Crippen LogP contribution in [0, 0.1) is 6.92 Å². The maximum atomic E-state index is 11.6. The lowest BCUT2D eigenvalue weighted by atomic mass is 10.2. The third-order valence-electron chi connectivity index (χ3n) is 2.75. The fraction of sp³-hybridized carbons (Fsp3) is 0.188. The summed E-state index contributed by atoms with van der Waals surface area (Å²) in [5.74, 6) is 0.735. The van der Waals surface area contributed by atoms with Crippen LogP contribution in [0.15, 0.2) is 46.3 Å². The number of hydrogen-bond acceptors (Lipinski definition) is 3. The molecule has 0 spiro atoms. The Morgan fingerprint density at radius 1 is 1.33 bits per heavy atom. The quantitative estimate of drug-likeness (QED) is 0.619. The molecule has 1 amide bonds. The Balaban J connectivity index is 1.70. The molecule has 1 aromatic heterocycles. The van der Waals surface area contributed by atoms with Gasteiger partial charge in [-0.2, -0.15) is 0 Å². The number of carbonyl (C=O) groups is 1. The first kappa shape index (κ1) is 15.8. The van der Waals surface area contributed by atoms with E-state index in [1.54, 1.807) is 17.4 Å². The van der Waals surface area contributed by atoms with Crippen molar-refractivity contribution in [3.05, 3.63) is 56.7 Å². The Morgan fingerprint density at radius 2 is 2.14 bits per heavy atom. The number of carbonyl (C=O) groups excluding carboxylic acids is 1. The number of halogens is 1. The number of aryl methyl sites for hydroxylation is 1. The molecule has 110 valence electrons. The van der Waals surface area contributed by atoms with Gasteiger partial charge in [0.25, 0.3) is 0 Å². The number of para-hydroxylation sites is 1. The maximum Gasteiger partial charge on any atom is 0.244 e. The molecule has 3 nitrogen and oxygen atoms in total. The summed E-state index contributed by atoms with van der Waals surface area (Å²) in [7, 11) is 0. The summed E-state index contributed by atoms with van der Waals surface area (Å²) < 4.78 is 6.66. The molecule has 0 radical (unpaired) electrons. The van der Waals surface area contributed by atoms with E-state index in [0.29, 0.717) is 13.2 Å². The largest absolute Gasteiger partial charge is 0.491 e. The average Bonchev–Trinajstić information content (AvgIpc) is 2.89. The van der Waals surface area contributed by atoms with E-state index in [4.69, 9.17) is 4.74 Å². The molecule has 0 saturated carbocycles. The van der Waals surface area contributed by atoms with Gasteiger partial charge in [0.05, 0.1) is 10.3 Å². The first-order valence-electron chi connectivity index (χ1n) is 6.55. The van der Waals surface area contributed by atoms with Gasteiger partial charge in [-0.15, -0.1) is 11.3 Å². The summed E-state index contributed by atoms with van der Waals surface area (Å²) in [4.78, 5) is 12.7. The van der Waals surface area contributed by atoms with Gasteiger partial charge in [0.15, 0.2) is 0 Å². The monoisotopic (exact) mass is 365 g/mol. The molecule has 0 unspecified atom stereocenters. The first-order valence-corrected chi connectivity index (χ1v) is 8.16. The summed E-state index contributed by atoms with van der Waals surface area (Å²) in [6.45, 7) is 2.93. The highest BCUT2D eigenvalue weighted by atomic mass is 79.9. The molecule has 0 aliphatic rings. The SMILES string of the molecule is Cc1ccccc1OCCNC(=O)/C=C/c1ccc(Br)s1. The lowest BCUT2D eigenvalue weighted by molar-refractivity contribution is -0.116. The van der Waals surface area contributed by atoms with Crippen molar-refractivity contribution in [2.45, 2.75) is 6.92 Å². The number of amides is 1. The second kappa shape index (κ2) is 8.00. The molecule has 1 N–H and O–H groups in total. The van der Waals surface area contributed by atoms with Crippen molar-refractivity contribution in [3.8, 4) is 5.75 Å². The van der Waals surface area contributed by atoms with Crippen molar-refractivity contribution in [2.24, 2.45) is 0 Å². The van der Waals surface area contributed by atoms with Gasteiger partial charge in [0.2, 0.25) is 5.91 Å². The van der Waals surface area contributed by atoms with Crippen molar-refractivity contribution in [2.75, 3.05) is 13.2 Å². The predicted octanol–water partition coefficient (Wildman–Crippen LogP) is 4.03. The number of nitrogens with one attached hydrogen (secondary N) is 1. The molecular weight excluding hydrogens is 350 g/mol. The molecule has 0 aliphatic heterocycles. The fourth-order valence-corrected chi connectivity index (χ4v) is 3.01. The number of thiophene rings is 1. The van der Waals surface area contributed by atoms with E-state index in [1.165, 1.54) is 6.08 Å². The van der Waals surface area contributed by atoms with Gasteiger partial charge in [0, 0.05) is 11.0 Å². The zero-order valence-electron chi connectivity index (χ0n) is 11.6. The summed E-state index contributed by atoms with van der Waals surface area (Å²) in [6.07, 6.45) is 3.33. The van der Waals surface area contributed by atoms with Crippen molar-refractivity contribution in [1.82, 2.24) is 5.32 Å². The molecule has 1 aromatic carbocycles. The second-order valence-electron chi connectivity index (χ2n) is 4.38. The van der Waals surface area contributed by atoms with E-state index in [9.17, 15) is 4.79 Å². The average molecular weight is 366 g/mol. The van der Waals surface area contributed by atoms with Gasteiger partial charge in [0.1, 0.15) is 12.4 Å². The Hall–Kier alpha value is -1.59. The zero-order valence-corrected chi connectivity index (χ0v) is 14.0. The van der Waals surface area contributed by atoms with E-state index in [0.717, 1.165) is 20.0 Å². The summed E-state index contributed by atoms with van der Waals surface area (Å²) in [5.41, 5.74) is 1.09. The minimum atomic E-state index is -0.118. The predicted molar refractivity (Wildman–Crippen MR) is 90.7 cm³/mol. The van der Waals surface area contributed by atoms with Crippen LogP contribution >= 0.6 is 27.3 Å². The zero-order chi connectivity index (χ0) is 15.1. The summed E-state index contributed by atoms with van der Waals surface area (Å²) in [6, 6.07) is 11.7. The number of hydrogen-bond donors (Lipinski definition) is 1. The van der Waals surface area contributed by atoms with Crippen molar-refractivity contribution in [1.29, 1.82) is 0 Å². The minimum absolute atomic E-state index is 0.118. The van der Waals surface area contributed by atoms with Crippen LogP contribution in [0.5, 0.6) is 5.75 Å². The van der Waals surface area contributed by atoms with Crippen LogP contribution in [0.2, 0.25) is 0 Å². The third kappa shape index (κ3) is 5.36. The topological polar surface area (TPSA) is 38.3 Å². The van der Waals surface area contributed by atoms with Gasteiger partial charge < -0.3 is 10.1 Å². The Kier molecular flexibility index (Phi) is 6.02. The molecule has 0 bridgehead atoms. The normalized spacial score (nSPS) is 10.8. The summed E-state index contributed by atoms with van der Waals surface area (Å²) in [5, 5.41) is 2.79. The van der Waals surface area contributed by atoms with E-state index in [-0.39, 0.29) is 5.91 Å². The van der Waals surface area contributed by atoms with Gasteiger partial charge in [-0.3, -0.25) is 4.79 Å². The lowest BCUT2D eigenvalue weighted by Gasteiger charge is -2.08. The molecule has 21 heavy (non-hydrogen) atoms. The molecular formula is C16H16BrNO2S. The van der Waals surface area contributed by atoms with Gasteiger partial charge >= 0.3 is 0 Å². The molecule has 0 atom stereocenters. The molecule has 2 aromatic rings. The van der Waals surface area contributed by atoms with Crippen LogP contribution in [-0.4, -0.2) is 19.1 Å². The Labute approximate surface area is 136 Å². The van der Waals surface area contributed by atoms with Crippen molar-refractivity contribution < 1.29 is 9.53 Å². The Bertz CT molecular complexity index is 637. The van der Waals surface area contributed by atoms with E-state index < -0.39 is 0 Å². The van der Waals surface area contributed by atoms with Crippen LogP contribution in [0.1, 0.15) is 10.4 Å². The van der Waals surface area contributed by atoms with Crippen LogP contribution in [0.25, 0.3) is 6.08 Å². The van der Waals surface area contributed by atoms with Gasteiger partial charge in [-0.1, -0.05) is 18.2 Å². The van der Waals surface area contributed by atoms with Gasteiger partial charge in [-0.05, 0) is 52.7 Å². The van der Waals surface area contributed by atoms with Crippen LogP contribution in [0.3, 0.4) is 0 Å². The van der Waals surface area contributed by atoms with Crippen LogP contribution in [-0.2, 0) is 4.79 Å². The first-order chi connectivity index (χ1) is 10.1. The molecule has 2 rings (SSSR count). The Morgan fingerprint density at radius 3 is 2.86 bits per heavy atom. The van der Waals surface area contributed by atoms with Crippen molar-refractivity contribution >= 4 is 39.2 Å². The standard InChI is InChI=1S/C16H16BrNO2S/c1-12-4-2-3-5-14(12)20-11-10-18-16(19)9-7-13-6-8-15(17)21-13/h2-9H,10-11H2,1H3,(H,18,19)/b9-7+. The fourth-order valence-electron chi connectivity index (χ4n) is 1.69. The molecule has 1 heterocycles. The lowest BCUT2D eigenvalue weighted by Crippen LogP contribution is -2.26. The highest BCUT2D eigenvalue weighted by molar-refractivity contribution is 9.11. The smallest absolute Gasteiger partial charge is 0.244 e. The molecule has 0 fully saturated rings. The minimum Gasteiger partial charge on any atom is -0.491 e. The molecule has 0 saturated heterocycles. The number of ether oxygens (including phenoxy) is 1. The van der Waals surface area contributed by atoms with E-state index in [2.05, 4.69) is 21.2 Å². The number of benzene rings is 1.